The van der Waals surface area contributed by atoms with Gasteiger partial charge in [-0.3, -0.25) is 14.3 Å². The number of carboxylic acids is 1. The zero-order valence-electron chi connectivity index (χ0n) is 16.2. The first kappa shape index (κ1) is 21.7. The number of aliphatic carboxylic acids is 1. The van der Waals surface area contributed by atoms with Gasteiger partial charge in [-0.15, -0.1) is 0 Å². The Morgan fingerprint density at radius 1 is 1.19 bits per heavy atom. The van der Waals surface area contributed by atoms with Gasteiger partial charge in [0.25, 0.3) is 5.91 Å². The lowest BCUT2D eigenvalue weighted by molar-refractivity contribution is -0.142. The molecule has 1 heterocycles. The number of carbonyl (C=O) groups excluding carboxylic acids is 2. The van der Waals surface area contributed by atoms with Crippen molar-refractivity contribution >= 4 is 17.8 Å². The zero-order chi connectivity index (χ0) is 19.9. The van der Waals surface area contributed by atoms with Crippen molar-refractivity contribution in [2.75, 3.05) is 6.54 Å². The monoisotopic (exact) mass is 366 g/mol. The topological polar surface area (TPSA) is 113 Å². The molecule has 0 fully saturated rings. The number of hydrogen-bond acceptors (Lipinski definition) is 4. The summed E-state index contributed by atoms with van der Waals surface area (Å²) in [5.41, 5.74) is 1.26. The molecule has 0 saturated heterocycles. The lowest BCUT2D eigenvalue weighted by atomic mass is 10.0. The minimum absolute atomic E-state index is 0.130. The molecule has 1 aromatic rings. The predicted octanol–water partition coefficient (Wildman–Crippen LogP) is 1.45. The average molecular weight is 366 g/mol. The molecule has 0 aromatic carbocycles. The molecule has 1 rings (SSSR count). The van der Waals surface area contributed by atoms with E-state index in [1.807, 2.05) is 25.5 Å². The minimum atomic E-state index is -1.08. The van der Waals surface area contributed by atoms with Crippen molar-refractivity contribution < 1.29 is 19.5 Å². The van der Waals surface area contributed by atoms with Gasteiger partial charge in [0.1, 0.15) is 6.04 Å². The van der Waals surface area contributed by atoms with E-state index in [0.29, 0.717) is 30.9 Å². The fourth-order valence-electron chi connectivity index (χ4n) is 2.67. The summed E-state index contributed by atoms with van der Waals surface area (Å²) in [5, 5.41) is 18.4. The Balaban J connectivity index is 2.67. The van der Waals surface area contributed by atoms with Crippen LogP contribution in [0.5, 0.6) is 0 Å². The summed E-state index contributed by atoms with van der Waals surface area (Å²) in [4.78, 5) is 35.5. The van der Waals surface area contributed by atoms with Crippen LogP contribution in [0, 0.1) is 11.8 Å². The summed E-state index contributed by atoms with van der Waals surface area (Å²) >= 11 is 0. The Morgan fingerprint density at radius 2 is 1.85 bits per heavy atom. The summed E-state index contributed by atoms with van der Waals surface area (Å²) in [5.74, 6) is -1.47. The summed E-state index contributed by atoms with van der Waals surface area (Å²) in [6.07, 6.45) is 2.49. The van der Waals surface area contributed by atoms with E-state index in [1.54, 1.807) is 0 Å². The smallest absolute Gasteiger partial charge is 0.326 e. The van der Waals surface area contributed by atoms with Gasteiger partial charge in [-0.1, -0.05) is 34.6 Å². The second-order valence-electron chi connectivity index (χ2n) is 7.21. The molecule has 8 nitrogen and oxygen atoms in total. The molecule has 0 bridgehead atoms. The highest BCUT2D eigenvalue weighted by molar-refractivity contribution is 5.97. The predicted molar refractivity (Wildman–Crippen MR) is 97.8 cm³/mol. The standard InChI is InChI=1S/C18H30N4O4/c1-6-15-13(8-20-22(15)10-12(4)5)17(24)19-9-16(23)21-14(18(25)26)7-11(2)3/h8,11-12,14H,6-7,9-10H2,1-5H3,(H,19,24)(H,21,23)(H,25,26)/t14-/m0/s1. The molecular formula is C18H30N4O4. The second kappa shape index (κ2) is 9.94. The maximum Gasteiger partial charge on any atom is 0.326 e. The molecule has 1 aromatic heterocycles. The van der Waals surface area contributed by atoms with Crippen LogP contribution in [-0.4, -0.2) is 45.3 Å². The van der Waals surface area contributed by atoms with Crippen molar-refractivity contribution in [1.29, 1.82) is 0 Å². The maximum absolute atomic E-state index is 12.4. The molecule has 0 radical (unpaired) electrons. The van der Waals surface area contributed by atoms with Gasteiger partial charge in [0.05, 0.1) is 24.0 Å². The number of carboxylic acid groups (broad SMARTS) is 1. The largest absolute Gasteiger partial charge is 0.480 e. The van der Waals surface area contributed by atoms with E-state index in [-0.39, 0.29) is 18.4 Å². The highest BCUT2D eigenvalue weighted by atomic mass is 16.4. The number of amides is 2. The first-order valence-corrected chi connectivity index (χ1v) is 9.00. The molecule has 0 unspecified atom stereocenters. The van der Waals surface area contributed by atoms with Crippen LogP contribution in [0.4, 0.5) is 0 Å². The average Bonchev–Trinajstić information content (AvgIpc) is 2.93. The molecule has 1 atom stereocenters. The Morgan fingerprint density at radius 3 is 2.35 bits per heavy atom. The molecule has 146 valence electrons. The van der Waals surface area contributed by atoms with Gasteiger partial charge >= 0.3 is 5.97 Å². The third-order valence-corrected chi connectivity index (χ3v) is 3.82. The van der Waals surface area contributed by atoms with Gasteiger partial charge < -0.3 is 15.7 Å². The lowest BCUT2D eigenvalue weighted by Crippen LogP contribution is -2.46. The SMILES string of the molecule is CCc1c(C(=O)NCC(=O)N[C@@H](CC(C)C)C(=O)O)cnn1CC(C)C. The van der Waals surface area contributed by atoms with Crippen LogP contribution in [0.25, 0.3) is 0 Å². The van der Waals surface area contributed by atoms with Crippen LogP contribution in [0.2, 0.25) is 0 Å². The van der Waals surface area contributed by atoms with E-state index in [1.165, 1.54) is 6.20 Å². The third kappa shape index (κ3) is 6.50. The molecule has 0 spiro atoms. The fraction of sp³-hybridized carbons (Fsp3) is 0.667. The van der Waals surface area contributed by atoms with Crippen LogP contribution in [0.3, 0.4) is 0 Å². The lowest BCUT2D eigenvalue weighted by Gasteiger charge is -2.16. The van der Waals surface area contributed by atoms with Gasteiger partial charge in [-0.25, -0.2) is 4.79 Å². The summed E-state index contributed by atoms with van der Waals surface area (Å²) < 4.78 is 1.81. The molecule has 8 heteroatoms. The zero-order valence-corrected chi connectivity index (χ0v) is 16.2. The van der Waals surface area contributed by atoms with Crippen molar-refractivity contribution in [3.8, 4) is 0 Å². The van der Waals surface area contributed by atoms with E-state index >= 15 is 0 Å². The molecule has 2 amide bonds. The van der Waals surface area contributed by atoms with E-state index < -0.39 is 17.9 Å². The molecule has 3 N–H and O–H groups in total. The van der Waals surface area contributed by atoms with Crippen molar-refractivity contribution in [2.24, 2.45) is 11.8 Å². The Labute approximate surface area is 154 Å². The van der Waals surface area contributed by atoms with E-state index in [0.717, 1.165) is 5.69 Å². The summed E-state index contributed by atoms with van der Waals surface area (Å²) in [6, 6.07) is -0.959. The van der Waals surface area contributed by atoms with Crippen molar-refractivity contribution in [1.82, 2.24) is 20.4 Å². The van der Waals surface area contributed by atoms with Crippen LogP contribution >= 0.6 is 0 Å². The first-order chi connectivity index (χ1) is 12.1. The number of aromatic nitrogens is 2. The van der Waals surface area contributed by atoms with Crippen molar-refractivity contribution in [3.05, 3.63) is 17.5 Å². The highest BCUT2D eigenvalue weighted by Gasteiger charge is 2.22. The van der Waals surface area contributed by atoms with Crippen LogP contribution in [-0.2, 0) is 22.6 Å². The van der Waals surface area contributed by atoms with Crippen LogP contribution < -0.4 is 10.6 Å². The van der Waals surface area contributed by atoms with Crippen molar-refractivity contribution in [3.63, 3.8) is 0 Å². The van der Waals surface area contributed by atoms with Gasteiger partial charge in [-0.2, -0.15) is 5.10 Å². The number of carbonyl (C=O) groups is 3. The van der Waals surface area contributed by atoms with E-state index in [9.17, 15) is 14.4 Å². The molecule has 0 saturated carbocycles. The van der Waals surface area contributed by atoms with Crippen molar-refractivity contribution in [2.45, 2.75) is 60.0 Å². The van der Waals surface area contributed by atoms with E-state index in [4.69, 9.17) is 5.11 Å². The number of nitrogens with one attached hydrogen (secondary N) is 2. The third-order valence-electron chi connectivity index (χ3n) is 3.82. The Hall–Kier alpha value is -2.38. The second-order valence-corrected chi connectivity index (χ2v) is 7.21. The maximum atomic E-state index is 12.4. The van der Waals surface area contributed by atoms with Gasteiger partial charge in [0.15, 0.2) is 0 Å². The Kier molecular flexibility index (Phi) is 8.28. The number of rotatable bonds is 10. The molecule has 0 aliphatic carbocycles. The quantitative estimate of drug-likeness (QED) is 0.580. The van der Waals surface area contributed by atoms with Gasteiger partial charge in [0, 0.05) is 6.54 Å². The van der Waals surface area contributed by atoms with Gasteiger partial charge in [-0.05, 0) is 24.7 Å². The fourth-order valence-corrected chi connectivity index (χ4v) is 2.67. The highest BCUT2D eigenvalue weighted by Crippen LogP contribution is 2.12. The normalized spacial score (nSPS) is 12.3. The van der Waals surface area contributed by atoms with Crippen LogP contribution in [0.15, 0.2) is 6.20 Å². The van der Waals surface area contributed by atoms with E-state index in [2.05, 4.69) is 29.6 Å². The van der Waals surface area contributed by atoms with Crippen LogP contribution in [0.1, 0.15) is 57.1 Å². The minimum Gasteiger partial charge on any atom is -0.480 e. The Bertz CT molecular complexity index is 637. The molecule has 0 aliphatic rings. The molecular weight excluding hydrogens is 336 g/mol. The molecule has 0 aliphatic heterocycles. The first-order valence-electron chi connectivity index (χ1n) is 9.00. The number of nitrogens with zero attached hydrogens (tertiary/aromatic N) is 2. The summed E-state index contributed by atoms with van der Waals surface area (Å²) in [7, 11) is 0. The molecule has 26 heavy (non-hydrogen) atoms. The number of hydrogen-bond donors (Lipinski definition) is 3. The van der Waals surface area contributed by atoms with Gasteiger partial charge in [0.2, 0.25) is 5.91 Å². The summed E-state index contributed by atoms with van der Waals surface area (Å²) in [6.45, 7) is 10.3.